The molecule has 0 saturated carbocycles. The summed E-state index contributed by atoms with van der Waals surface area (Å²) in [6, 6.07) is 8.38. The van der Waals surface area contributed by atoms with Crippen LogP contribution < -0.4 is 10.6 Å². The molecule has 0 aliphatic carbocycles. The van der Waals surface area contributed by atoms with Gasteiger partial charge in [0.2, 0.25) is 0 Å². The zero-order chi connectivity index (χ0) is 9.80. The summed E-state index contributed by atoms with van der Waals surface area (Å²) in [6.07, 6.45) is 0. The van der Waals surface area contributed by atoms with Gasteiger partial charge in [-0.1, -0.05) is 24.3 Å². The highest BCUT2D eigenvalue weighted by Crippen LogP contribution is 2.18. The van der Waals surface area contributed by atoms with Crippen LogP contribution in [-0.4, -0.2) is 24.7 Å². The van der Waals surface area contributed by atoms with Crippen LogP contribution in [0.4, 0.5) is 0 Å². The fraction of sp³-hybridized carbons (Fsp3) is 0.455. The largest absolute Gasteiger partial charge is 0.392 e. The maximum absolute atomic E-state index is 9.20. The highest BCUT2D eigenvalue weighted by molar-refractivity contribution is 5.30. The summed E-state index contributed by atoms with van der Waals surface area (Å²) in [5.41, 5.74) is 2.23. The molecule has 76 valence electrons. The number of aliphatic hydroxyl groups excluding tert-OH is 1. The summed E-state index contributed by atoms with van der Waals surface area (Å²) < 4.78 is 0. The smallest absolute Gasteiger partial charge is 0.0685 e. The average molecular weight is 192 g/mol. The second-order valence-corrected chi connectivity index (χ2v) is 3.57. The molecule has 0 radical (unpaired) electrons. The van der Waals surface area contributed by atoms with Crippen molar-refractivity contribution in [3.8, 4) is 0 Å². The molecule has 1 heterocycles. The van der Waals surface area contributed by atoms with E-state index in [1.807, 2.05) is 18.2 Å². The van der Waals surface area contributed by atoms with Gasteiger partial charge in [0.15, 0.2) is 0 Å². The molecule has 1 aliphatic rings. The number of aliphatic hydroxyl groups is 1. The first-order chi connectivity index (χ1) is 6.92. The van der Waals surface area contributed by atoms with E-state index in [9.17, 15) is 5.11 Å². The van der Waals surface area contributed by atoms with Gasteiger partial charge in [0, 0.05) is 25.7 Å². The van der Waals surface area contributed by atoms with E-state index in [0.717, 1.165) is 25.2 Å². The van der Waals surface area contributed by atoms with Crippen LogP contribution in [0.15, 0.2) is 24.3 Å². The molecule has 2 rings (SSSR count). The molecule has 0 bridgehead atoms. The van der Waals surface area contributed by atoms with Crippen LogP contribution in [0.3, 0.4) is 0 Å². The van der Waals surface area contributed by atoms with Gasteiger partial charge in [-0.3, -0.25) is 0 Å². The molecule has 14 heavy (non-hydrogen) atoms. The normalized spacial score (nSPS) is 22.2. The Morgan fingerprint density at radius 2 is 2.14 bits per heavy atom. The van der Waals surface area contributed by atoms with Crippen LogP contribution >= 0.6 is 0 Å². The van der Waals surface area contributed by atoms with Crippen molar-refractivity contribution in [2.24, 2.45) is 0 Å². The molecular weight excluding hydrogens is 176 g/mol. The summed E-state index contributed by atoms with van der Waals surface area (Å²) in [6.45, 7) is 3.08. The molecular formula is C11H16N2O. The first kappa shape index (κ1) is 9.65. The van der Waals surface area contributed by atoms with Crippen molar-refractivity contribution in [3.05, 3.63) is 35.4 Å². The Bertz CT molecular complexity index is 295. The standard InChI is InChI=1S/C11H16N2O/c14-8-9-3-1-2-4-10(9)11-7-12-5-6-13-11/h1-4,11-14H,5-8H2. The van der Waals surface area contributed by atoms with E-state index >= 15 is 0 Å². The number of benzene rings is 1. The van der Waals surface area contributed by atoms with Gasteiger partial charge < -0.3 is 15.7 Å². The topological polar surface area (TPSA) is 44.3 Å². The molecule has 3 heteroatoms. The SMILES string of the molecule is OCc1ccccc1C1CNCCN1. The lowest BCUT2D eigenvalue weighted by atomic mass is 10.00. The van der Waals surface area contributed by atoms with E-state index in [4.69, 9.17) is 0 Å². The fourth-order valence-electron chi connectivity index (χ4n) is 1.89. The summed E-state index contributed by atoms with van der Waals surface area (Å²) in [5, 5.41) is 16.0. The van der Waals surface area contributed by atoms with E-state index in [-0.39, 0.29) is 6.61 Å². The summed E-state index contributed by atoms with van der Waals surface area (Å²) >= 11 is 0. The highest BCUT2D eigenvalue weighted by Gasteiger charge is 2.16. The van der Waals surface area contributed by atoms with Gasteiger partial charge in [-0.2, -0.15) is 0 Å². The summed E-state index contributed by atoms with van der Waals surface area (Å²) in [4.78, 5) is 0. The van der Waals surface area contributed by atoms with Crippen LogP contribution in [0.1, 0.15) is 17.2 Å². The number of nitrogens with one attached hydrogen (secondary N) is 2. The average Bonchev–Trinajstić information content (AvgIpc) is 2.30. The zero-order valence-corrected chi connectivity index (χ0v) is 8.16. The second-order valence-electron chi connectivity index (χ2n) is 3.57. The Hall–Kier alpha value is -0.900. The van der Waals surface area contributed by atoms with Crippen molar-refractivity contribution in [2.75, 3.05) is 19.6 Å². The van der Waals surface area contributed by atoms with E-state index in [2.05, 4.69) is 16.7 Å². The van der Waals surface area contributed by atoms with E-state index in [1.54, 1.807) is 0 Å². The maximum Gasteiger partial charge on any atom is 0.0685 e. The van der Waals surface area contributed by atoms with Crippen molar-refractivity contribution in [2.45, 2.75) is 12.6 Å². The number of hydrogen-bond acceptors (Lipinski definition) is 3. The first-order valence-electron chi connectivity index (χ1n) is 5.04. The molecule has 1 unspecified atom stereocenters. The molecule has 1 aromatic rings. The molecule has 1 aliphatic heterocycles. The van der Waals surface area contributed by atoms with Crippen molar-refractivity contribution < 1.29 is 5.11 Å². The third-order valence-corrected chi connectivity index (χ3v) is 2.64. The van der Waals surface area contributed by atoms with Crippen molar-refractivity contribution in [1.82, 2.24) is 10.6 Å². The van der Waals surface area contributed by atoms with Crippen LogP contribution in [0.5, 0.6) is 0 Å². The van der Waals surface area contributed by atoms with Crippen molar-refractivity contribution >= 4 is 0 Å². The van der Waals surface area contributed by atoms with E-state index in [0.29, 0.717) is 6.04 Å². The minimum Gasteiger partial charge on any atom is -0.392 e. The number of rotatable bonds is 2. The van der Waals surface area contributed by atoms with Crippen LogP contribution in [-0.2, 0) is 6.61 Å². The molecule has 1 atom stereocenters. The lowest BCUT2D eigenvalue weighted by Crippen LogP contribution is -2.42. The minimum atomic E-state index is 0.119. The molecule has 3 N–H and O–H groups in total. The Labute approximate surface area is 84.1 Å². The molecule has 1 aromatic carbocycles. The van der Waals surface area contributed by atoms with Crippen LogP contribution in [0.25, 0.3) is 0 Å². The molecule has 0 amide bonds. The van der Waals surface area contributed by atoms with Gasteiger partial charge in [-0.05, 0) is 11.1 Å². The van der Waals surface area contributed by atoms with Crippen molar-refractivity contribution in [3.63, 3.8) is 0 Å². The third kappa shape index (κ3) is 1.95. The zero-order valence-electron chi connectivity index (χ0n) is 8.16. The maximum atomic E-state index is 9.20. The van der Waals surface area contributed by atoms with Gasteiger partial charge in [0.05, 0.1) is 6.61 Å². The van der Waals surface area contributed by atoms with Gasteiger partial charge in [-0.25, -0.2) is 0 Å². The quantitative estimate of drug-likeness (QED) is 0.636. The predicted molar refractivity (Wildman–Crippen MR) is 56.0 cm³/mol. The Morgan fingerprint density at radius 3 is 2.86 bits per heavy atom. The predicted octanol–water partition coefficient (Wildman–Crippen LogP) is 0.413. The lowest BCUT2D eigenvalue weighted by Gasteiger charge is -2.26. The first-order valence-corrected chi connectivity index (χ1v) is 5.04. The fourth-order valence-corrected chi connectivity index (χ4v) is 1.89. The van der Waals surface area contributed by atoms with Gasteiger partial charge in [-0.15, -0.1) is 0 Å². The minimum absolute atomic E-state index is 0.119. The molecule has 1 fully saturated rings. The number of piperazine rings is 1. The van der Waals surface area contributed by atoms with Crippen LogP contribution in [0, 0.1) is 0 Å². The second kappa shape index (κ2) is 4.55. The lowest BCUT2D eigenvalue weighted by molar-refractivity contribution is 0.278. The molecule has 1 saturated heterocycles. The summed E-state index contributed by atoms with van der Waals surface area (Å²) in [7, 11) is 0. The van der Waals surface area contributed by atoms with Crippen LogP contribution in [0.2, 0.25) is 0 Å². The van der Waals surface area contributed by atoms with Gasteiger partial charge in [0.1, 0.15) is 0 Å². The summed E-state index contributed by atoms with van der Waals surface area (Å²) in [5.74, 6) is 0. The Balaban J connectivity index is 2.20. The Kier molecular flexibility index (Phi) is 3.14. The Morgan fingerprint density at radius 1 is 1.29 bits per heavy atom. The highest BCUT2D eigenvalue weighted by atomic mass is 16.3. The molecule has 0 spiro atoms. The third-order valence-electron chi connectivity index (χ3n) is 2.64. The van der Waals surface area contributed by atoms with Gasteiger partial charge in [0.25, 0.3) is 0 Å². The van der Waals surface area contributed by atoms with Crippen molar-refractivity contribution in [1.29, 1.82) is 0 Å². The van der Waals surface area contributed by atoms with E-state index in [1.165, 1.54) is 5.56 Å². The molecule has 0 aromatic heterocycles. The van der Waals surface area contributed by atoms with E-state index < -0.39 is 0 Å². The number of hydrogen-bond donors (Lipinski definition) is 3. The monoisotopic (exact) mass is 192 g/mol. The molecule has 3 nitrogen and oxygen atoms in total. The van der Waals surface area contributed by atoms with Gasteiger partial charge >= 0.3 is 0 Å².